The fourth-order valence-electron chi connectivity index (χ4n) is 4.32. The van der Waals surface area contributed by atoms with E-state index in [2.05, 4.69) is 15.5 Å². The monoisotopic (exact) mass is 682 g/mol. The highest BCUT2D eigenvalue weighted by Crippen LogP contribution is 2.32. The Morgan fingerprint density at radius 3 is 2.04 bits per heavy atom. The lowest BCUT2D eigenvalue weighted by molar-refractivity contribution is -0.137. The summed E-state index contributed by atoms with van der Waals surface area (Å²) in [6.45, 7) is 17.9. The lowest BCUT2D eigenvalue weighted by atomic mass is 9.64. The minimum absolute atomic E-state index is 0.125. The van der Waals surface area contributed by atoms with Crippen LogP contribution in [0.4, 0.5) is 18.9 Å². The molecule has 0 bridgehead atoms. The molecule has 8 N–H and O–H groups in total. The second kappa shape index (κ2) is 25.7. The van der Waals surface area contributed by atoms with Crippen molar-refractivity contribution in [1.29, 1.82) is 0 Å². The summed E-state index contributed by atoms with van der Waals surface area (Å²) in [6.07, 6.45) is -1.23. The number of anilines is 1. The van der Waals surface area contributed by atoms with Crippen molar-refractivity contribution in [2.75, 3.05) is 45.1 Å². The first-order valence-corrected chi connectivity index (χ1v) is 16.4. The van der Waals surface area contributed by atoms with Gasteiger partial charge >= 0.3 is 13.1 Å². The molecule has 0 radical (unpaired) electrons. The van der Waals surface area contributed by atoms with Crippen molar-refractivity contribution in [2.45, 2.75) is 85.4 Å². The first-order chi connectivity index (χ1) is 22.6. The number of hydrogen-bond donors (Lipinski definition) is 5. The minimum atomic E-state index is -4.22. The van der Waals surface area contributed by atoms with Gasteiger partial charge in [-0.15, -0.1) is 0 Å². The largest absolute Gasteiger partial charge is 0.422 e. The molecule has 1 atom stereocenters. The summed E-state index contributed by atoms with van der Waals surface area (Å²) >= 11 is 0. The van der Waals surface area contributed by atoms with Crippen molar-refractivity contribution >= 4 is 36.7 Å². The predicted octanol–water partition coefficient (Wildman–Crippen LogP) is 3.91. The summed E-state index contributed by atoms with van der Waals surface area (Å²) in [5.74, 6) is -0.186. The third kappa shape index (κ3) is 18.9. The normalized spacial score (nSPS) is 13.0. The minimum Gasteiger partial charge on any atom is -0.422 e. The Bertz CT molecular complexity index is 1160. The Labute approximate surface area is 285 Å². The predicted molar refractivity (Wildman–Crippen MR) is 191 cm³/mol. The lowest BCUT2D eigenvalue weighted by Crippen LogP contribution is -2.40. The smallest absolute Gasteiger partial charge is 0.416 e. The molecule has 0 saturated heterocycles. The third-order valence-electron chi connectivity index (χ3n) is 6.83. The van der Waals surface area contributed by atoms with Crippen molar-refractivity contribution in [1.82, 2.24) is 10.2 Å². The molecule has 1 heterocycles. The molecule has 14 heteroatoms. The summed E-state index contributed by atoms with van der Waals surface area (Å²) in [5, 5.41) is 5.23. The average Bonchev–Trinajstić information content (AvgIpc) is 3.28. The van der Waals surface area contributed by atoms with Crippen molar-refractivity contribution in [2.24, 2.45) is 17.2 Å². The van der Waals surface area contributed by atoms with Crippen LogP contribution in [0.25, 0.3) is 0 Å². The molecule has 0 aromatic heterocycles. The molecular weight excluding hydrogens is 624 g/mol. The zero-order valence-electron chi connectivity index (χ0n) is 30.0. The number of nitrogens with zero attached hydrogens (tertiary/aromatic N) is 1. The number of amides is 2. The Morgan fingerprint density at radius 2 is 1.60 bits per heavy atom. The molecule has 2 aromatic carbocycles. The molecular formula is C34H58BF3N6O4. The quantitative estimate of drug-likeness (QED) is 0.166. The van der Waals surface area contributed by atoms with E-state index in [0.29, 0.717) is 25.8 Å². The summed E-state index contributed by atoms with van der Waals surface area (Å²) < 4.78 is 41.9. The van der Waals surface area contributed by atoms with Gasteiger partial charge in [0.15, 0.2) is 0 Å². The van der Waals surface area contributed by atoms with E-state index in [0.717, 1.165) is 67.8 Å². The number of nitrogens with two attached hydrogens (primary N) is 3. The molecule has 48 heavy (non-hydrogen) atoms. The number of aldehydes is 1. The van der Waals surface area contributed by atoms with Gasteiger partial charge in [0.25, 0.3) is 0 Å². The molecule has 2 amide bonds. The maximum atomic E-state index is 12.0. The Balaban J connectivity index is 0. The van der Waals surface area contributed by atoms with Crippen LogP contribution in [-0.4, -0.2) is 76.2 Å². The number of likely N-dealkylation sites (N-methyl/N-ethyl adjacent to an activating group) is 2. The van der Waals surface area contributed by atoms with E-state index in [-0.39, 0.29) is 18.4 Å². The van der Waals surface area contributed by atoms with Crippen LogP contribution in [0.1, 0.15) is 71.1 Å². The van der Waals surface area contributed by atoms with Crippen LogP contribution in [0.5, 0.6) is 0 Å². The van der Waals surface area contributed by atoms with Gasteiger partial charge in [0.05, 0.1) is 17.2 Å². The maximum Gasteiger partial charge on any atom is 0.416 e. The fourth-order valence-corrected chi connectivity index (χ4v) is 4.32. The second-order valence-electron chi connectivity index (χ2n) is 11.0. The molecule has 0 aliphatic carbocycles. The van der Waals surface area contributed by atoms with Crippen LogP contribution in [0.2, 0.25) is 6.82 Å². The second-order valence-corrected chi connectivity index (χ2v) is 11.0. The van der Waals surface area contributed by atoms with E-state index in [1.165, 1.54) is 17.6 Å². The highest BCUT2D eigenvalue weighted by atomic mass is 19.4. The fraction of sp³-hybridized carbons (Fsp3) is 0.559. The number of nitrogens with one attached hydrogen (secondary N) is 2. The van der Waals surface area contributed by atoms with Crippen LogP contribution in [-0.2, 0) is 37.2 Å². The molecule has 0 spiro atoms. The number of benzene rings is 2. The lowest BCUT2D eigenvalue weighted by Gasteiger charge is -2.20. The highest BCUT2D eigenvalue weighted by molar-refractivity contribution is 6.67. The summed E-state index contributed by atoms with van der Waals surface area (Å²) in [5.41, 5.74) is 19.2. The summed E-state index contributed by atoms with van der Waals surface area (Å²) in [7, 11) is 2.01. The SMILES string of the molecule is CB1OC(C)(C)c2cc(NC=O)ccc21.CC.CCNC(=O)C(N)CCC=O.CCc1ccc(C(F)(F)F)cc1.CN(CCN)CCN. The zero-order chi connectivity index (χ0) is 37.3. The van der Waals surface area contributed by atoms with Gasteiger partial charge in [0.2, 0.25) is 12.3 Å². The van der Waals surface area contributed by atoms with Crippen LogP contribution >= 0.6 is 0 Å². The first-order valence-electron chi connectivity index (χ1n) is 16.4. The number of rotatable bonds is 12. The standard InChI is InChI=1S/C11H14BNO2.C9H9F3.C7H14N2O2.C5H15N3.C2H6/c1-11(2)9-6-8(13-7-14)4-5-10(9)12(3)15-11;1-2-7-3-5-8(6-4-7)9(10,11)12;1-2-9-7(11)6(8)4-3-5-10;1-8(4-2-6)5-3-7;1-2/h4-7H,1-3H3,(H,13,14);3-6H,2H2,1H3;5-6H,2-4,8H2,1H3,(H,9,11);2-7H2,1H3;1-2H3. The number of aryl methyl sites for hydroxylation is 1. The summed E-state index contributed by atoms with van der Waals surface area (Å²) in [4.78, 5) is 33.3. The maximum absolute atomic E-state index is 12.0. The van der Waals surface area contributed by atoms with E-state index in [1.54, 1.807) is 0 Å². The molecule has 1 aliphatic heterocycles. The van der Waals surface area contributed by atoms with Gasteiger partial charge in [-0.2, -0.15) is 13.2 Å². The third-order valence-corrected chi connectivity index (χ3v) is 6.83. The Hall–Kier alpha value is -3.30. The highest BCUT2D eigenvalue weighted by Gasteiger charge is 2.37. The molecule has 3 rings (SSSR count). The van der Waals surface area contributed by atoms with Crippen molar-refractivity contribution < 1.29 is 32.2 Å². The molecule has 2 aromatic rings. The van der Waals surface area contributed by atoms with E-state index < -0.39 is 17.8 Å². The molecule has 0 fully saturated rings. The number of carbonyl (C=O) groups is 3. The van der Waals surface area contributed by atoms with E-state index in [4.69, 9.17) is 21.9 Å². The van der Waals surface area contributed by atoms with Crippen LogP contribution in [0.15, 0.2) is 42.5 Å². The number of alkyl halides is 3. The van der Waals surface area contributed by atoms with Gasteiger partial charge in [-0.1, -0.05) is 45.8 Å². The van der Waals surface area contributed by atoms with Crippen molar-refractivity contribution in [3.05, 3.63) is 59.2 Å². The van der Waals surface area contributed by atoms with Gasteiger partial charge < -0.3 is 42.2 Å². The number of carbonyl (C=O) groups excluding carboxylic acids is 3. The molecule has 0 saturated carbocycles. The Kier molecular flexibility index (Phi) is 25.1. The van der Waals surface area contributed by atoms with Gasteiger partial charge in [0, 0.05) is 44.8 Å². The summed E-state index contributed by atoms with van der Waals surface area (Å²) in [6, 6.07) is 10.6. The number of fused-ring (bicyclic) bond motifs is 1. The first kappa shape index (κ1) is 46.8. The van der Waals surface area contributed by atoms with E-state index >= 15 is 0 Å². The molecule has 1 unspecified atom stereocenters. The molecule has 272 valence electrons. The Morgan fingerprint density at radius 1 is 1.04 bits per heavy atom. The zero-order valence-corrected chi connectivity index (χ0v) is 30.0. The van der Waals surface area contributed by atoms with Gasteiger partial charge in [-0.25, -0.2) is 0 Å². The van der Waals surface area contributed by atoms with Crippen LogP contribution < -0.4 is 33.3 Å². The van der Waals surface area contributed by atoms with Crippen LogP contribution in [0.3, 0.4) is 0 Å². The molecule has 10 nitrogen and oxygen atoms in total. The van der Waals surface area contributed by atoms with E-state index in [9.17, 15) is 27.6 Å². The van der Waals surface area contributed by atoms with Gasteiger partial charge in [-0.3, -0.25) is 9.59 Å². The van der Waals surface area contributed by atoms with Crippen LogP contribution in [0, 0.1) is 0 Å². The average molecular weight is 683 g/mol. The number of hydrogen-bond acceptors (Lipinski definition) is 8. The van der Waals surface area contributed by atoms with E-state index in [1.807, 2.05) is 73.6 Å². The van der Waals surface area contributed by atoms with Gasteiger partial charge in [-0.05, 0) is 81.5 Å². The number of halogens is 3. The van der Waals surface area contributed by atoms with Crippen molar-refractivity contribution in [3.63, 3.8) is 0 Å². The van der Waals surface area contributed by atoms with Crippen molar-refractivity contribution in [3.8, 4) is 0 Å². The topological polar surface area (TPSA) is 166 Å². The molecule has 1 aliphatic rings. The van der Waals surface area contributed by atoms with Gasteiger partial charge in [0.1, 0.15) is 6.29 Å².